The normalized spacial score (nSPS) is 10.4. The first-order valence-corrected chi connectivity index (χ1v) is 5.13. The molecule has 0 aliphatic carbocycles. The number of aromatic nitrogens is 2. The minimum atomic E-state index is -0.321. The lowest BCUT2D eigenvalue weighted by molar-refractivity contribution is 1.14. The van der Waals surface area contributed by atoms with E-state index in [1.807, 2.05) is 0 Å². The first-order valence-electron chi connectivity index (χ1n) is 4.38. The third-order valence-corrected chi connectivity index (χ3v) is 2.35. The van der Waals surface area contributed by atoms with Crippen molar-refractivity contribution in [2.45, 2.75) is 0 Å². The van der Waals surface area contributed by atoms with Gasteiger partial charge in [-0.3, -0.25) is 9.78 Å². The van der Waals surface area contributed by atoms with Gasteiger partial charge in [-0.05, 0) is 18.2 Å². The number of rotatable bonds is 1. The zero-order valence-corrected chi connectivity index (χ0v) is 9.51. The summed E-state index contributed by atoms with van der Waals surface area (Å²) in [6.45, 7) is 0. The zero-order chi connectivity index (χ0) is 11.7. The Morgan fingerprint density at radius 3 is 2.31 bits per heavy atom. The van der Waals surface area contributed by atoms with E-state index in [1.165, 1.54) is 6.07 Å². The molecule has 0 aliphatic rings. The number of hydrogen-bond donors (Lipinski definition) is 2. The number of aromatic amines is 1. The summed E-state index contributed by atoms with van der Waals surface area (Å²) in [6, 6.07) is 6.25. The fourth-order valence-electron chi connectivity index (χ4n) is 1.33. The van der Waals surface area contributed by atoms with Crippen LogP contribution < -0.4 is 11.3 Å². The molecule has 2 rings (SSSR count). The van der Waals surface area contributed by atoms with Crippen molar-refractivity contribution in [3.8, 4) is 11.3 Å². The van der Waals surface area contributed by atoms with Crippen molar-refractivity contribution in [3.05, 3.63) is 44.7 Å². The van der Waals surface area contributed by atoms with E-state index >= 15 is 0 Å². The SMILES string of the molecule is Nc1nc(-c2cc(Cl)cc(Cl)c2)cc(=O)[nH]1. The second-order valence-electron chi connectivity index (χ2n) is 3.17. The second-order valence-corrected chi connectivity index (χ2v) is 4.05. The monoisotopic (exact) mass is 255 g/mol. The zero-order valence-electron chi connectivity index (χ0n) is 8.00. The number of hydrogen-bond acceptors (Lipinski definition) is 3. The van der Waals surface area contributed by atoms with Crippen molar-refractivity contribution in [1.82, 2.24) is 9.97 Å². The first-order chi connectivity index (χ1) is 7.54. The molecule has 2 aromatic rings. The Bertz CT molecular complexity index is 575. The van der Waals surface area contributed by atoms with Crippen LogP contribution in [0.3, 0.4) is 0 Å². The average molecular weight is 256 g/mol. The third-order valence-electron chi connectivity index (χ3n) is 1.92. The summed E-state index contributed by atoms with van der Waals surface area (Å²) in [5.41, 5.74) is 6.20. The van der Waals surface area contributed by atoms with Gasteiger partial charge in [0, 0.05) is 21.7 Å². The van der Waals surface area contributed by atoms with Crippen LogP contribution in [0.1, 0.15) is 0 Å². The molecule has 0 spiro atoms. The van der Waals surface area contributed by atoms with E-state index in [9.17, 15) is 4.79 Å². The molecule has 4 nitrogen and oxygen atoms in total. The first kappa shape index (κ1) is 11.0. The highest BCUT2D eigenvalue weighted by Crippen LogP contribution is 2.25. The van der Waals surface area contributed by atoms with E-state index in [1.54, 1.807) is 18.2 Å². The highest BCUT2D eigenvalue weighted by atomic mass is 35.5. The molecule has 3 N–H and O–H groups in total. The molecule has 6 heteroatoms. The van der Waals surface area contributed by atoms with Crippen molar-refractivity contribution in [2.75, 3.05) is 5.73 Å². The van der Waals surface area contributed by atoms with Gasteiger partial charge in [-0.1, -0.05) is 23.2 Å². The van der Waals surface area contributed by atoms with Gasteiger partial charge in [0.2, 0.25) is 5.95 Å². The van der Waals surface area contributed by atoms with Crippen molar-refractivity contribution < 1.29 is 0 Å². The van der Waals surface area contributed by atoms with Crippen LogP contribution in [-0.2, 0) is 0 Å². The molecule has 0 unspecified atom stereocenters. The van der Waals surface area contributed by atoms with Gasteiger partial charge in [0.25, 0.3) is 5.56 Å². The molecule has 16 heavy (non-hydrogen) atoms. The van der Waals surface area contributed by atoms with E-state index in [0.717, 1.165) is 0 Å². The highest BCUT2D eigenvalue weighted by Gasteiger charge is 2.04. The van der Waals surface area contributed by atoms with Gasteiger partial charge in [0.05, 0.1) is 5.69 Å². The van der Waals surface area contributed by atoms with E-state index in [2.05, 4.69) is 9.97 Å². The third kappa shape index (κ3) is 2.35. The number of benzene rings is 1. The minimum absolute atomic E-state index is 0.0543. The summed E-state index contributed by atoms with van der Waals surface area (Å²) < 4.78 is 0. The van der Waals surface area contributed by atoms with E-state index in [-0.39, 0.29) is 11.5 Å². The van der Waals surface area contributed by atoms with Gasteiger partial charge in [-0.15, -0.1) is 0 Å². The largest absolute Gasteiger partial charge is 0.369 e. The van der Waals surface area contributed by atoms with Gasteiger partial charge in [-0.25, -0.2) is 4.98 Å². The summed E-state index contributed by atoms with van der Waals surface area (Å²) in [6.07, 6.45) is 0. The fraction of sp³-hybridized carbons (Fsp3) is 0. The number of nitrogens with one attached hydrogen (secondary N) is 1. The molecule has 0 atom stereocenters. The van der Waals surface area contributed by atoms with E-state index in [0.29, 0.717) is 21.3 Å². The van der Waals surface area contributed by atoms with Crippen molar-refractivity contribution in [1.29, 1.82) is 0 Å². The minimum Gasteiger partial charge on any atom is -0.369 e. The molecule has 0 saturated heterocycles. The lowest BCUT2D eigenvalue weighted by Gasteiger charge is -2.03. The number of anilines is 1. The molecule has 0 bridgehead atoms. The molecule has 0 aliphatic heterocycles. The second kappa shape index (κ2) is 4.15. The van der Waals surface area contributed by atoms with Crippen LogP contribution in [0.4, 0.5) is 5.95 Å². The Morgan fingerprint density at radius 2 is 1.75 bits per heavy atom. The molecule has 1 aromatic carbocycles. The molecule has 1 aromatic heterocycles. The maximum absolute atomic E-state index is 11.2. The Labute approximate surface area is 101 Å². The van der Waals surface area contributed by atoms with Gasteiger partial charge in [0.15, 0.2) is 0 Å². The standard InChI is InChI=1S/C10H7Cl2N3O/c11-6-1-5(2-7(12)3-6)8-4-9(16)15-10(13)14-8/h1-4H,(H3,13,14,15,16). The van der Waals surface area contributed by atoms with E-state index in [4.69, 9.17) is 28.9 Å². The van der Waals surface area contributed by atoms with Crippen LogP contribution >= 0.6 is 23.2 Å². The lowest BCUT2D eigenvalue weighted by Crippen LogP contribution is -2.10. The van der Waals surface area contributed by atoms with Crippen LogP contribution in [-0.4, -0.2) is 9.97 Å². The average Bonchev–Trinajstić information content (AvgIpc) is 2.14. The maximum Gasteiger partial charge on any atom is 0.252 e. The summed E-state index contributed by atoms with van der Waals surface area (Å²) in [4.78, 5) is 17.6. The van der Waals surface area contributed by atoms with Crippen LogP contribution in [0.5, 0.6) is 0 Å². The summed E-state index contributed by atoms with van der Waals surface area (Å²) >= 11 is 11.7. The van der Waals surface area contributed by atoms with Crippen molar-refractivity contribution in [2.24, 2.45) is 0 Å². The number of nitrogens with two attached hydrogens (primary N) is 1. The van der Waals surface area contributed by atoms with Gasteiger partial charge < -0.3 is 5.73 Å². The topological polar surface area (TPSA) is 71.8 Å². The lowest BCUT2D eigenvalue weighted by atomic mass is 10.1. The molecule has 0 radical (unpaired) electrons. The van der Waals surface area contributed by atoms with Gasteiger partial charge in [0.1, 0.15) is 0 Å². The summed E-state index contributed by atoms with van der Waals surface area (Å²) in [5, 5.41) is 0.950. The van der Waals surface area contributed by atoms with E-state index < -0.39 is 0 Å². The number of nitrogen functional groups attached to an aromatic ring is 1. The molecule has 0 amide bonds. The molecule has 0 fully saturated rings. The number of H-pyrrole nitrogens is 1. The number of nitrogens with zero attached hydrogens (tertiary/aromatic N) is 1. The Kier molecular flexibility index (Phi) is 2.85. The van der Waals surface area contributed by atoms with Crippen molar-refractivity contribution in [3.63, 3.8) is 0 Å². The Hall–Kier alpha value is -1.52. The van der Waals surface area contributed by atoms with Crippen LogP contribution in [0.25, 0.3) is 11.3 Å². The fourth-order valence-corrected chi connectivity index (χ4v) is 1.85. The van der Waals surface area contributed by atoms with Gasteiger partial charge >= 0.3 is 0 Å². The van der Waals surface area contributed by atoms with Crippen molar-refractivity contribution >= 4 is 29.2 Å². The molecule has 82 valence electrons. The quantitative estimate of drug-likeness (QED) is 0.822. The molecular formula is C10H7Cl2N3O. The summed E-state index contributed by atoms with van der Waals surface area (Å²) in [7, 11) is 0. The van der Waals surface area contributed by atoms with Gasteiger partial charge in [-0.2, -0.15) is 0 Å². The van der Waals surface area contributed by atoms with Crippen LogP contribution in [0.15, 0.2) is 29.1 Å². The number of halogens is 2. The smallest absolute Gasteiger partial charge is 0.252 e. The summed E-state index contributed by atoms with van der Waals surface area (Å²) in [5.74, 6) is 0.0543. The van der Waals surface area contributed by atoms with Crippen LogP contribution in [0.2, 0.25) is 10.0 Å². The predicted octanol–water partition coefficient (Wildman–Crippen LogP) is 2.33. The molecule has 0 saturated carbocycles. The highest BCUT2D eigenvalue weighted by molar-refractivity contribution is 6.35. The maximum atomic E-state index is 11.2. The molecule has 1 heterocycles. The Balaban J connectivity index is 2.62. The predicted molar refractivity (Wildman–Crippen MR) is 64.7 cm³/mol. The van der Waals surface area contributed by atoms with Crippen LogP contribution in [0, 0.1) is 0 Å². The Morgan fingerprint density at radius 1 is 1.12 bits per heavy atom. The molecular weight excluding hydrogens is 249 g/mol.